The normalized spacial score (nSPS) is 35.6. The lowest BCUT2D eigenvalue weighted by Gasteiger charge is -2.67. The van der Waals surface area contributed by atoms with Gasteiger partial charge in [0.05, 0.1) is 36.4 Å². The van der Waals surface area contributed by atoms with Gasteiger partial charge in [-0.05, 0) is 179 Å². The van der Waals surface area contributed by atoms with E-state index in [0.29, 0.717) is 102 Å². The maximum Gasteiger partial charge on any atom is 0.0786 e. The third-order valence-corrected chi connectivity index (χ3v) is 24.6. The highest BCUT2D eigenvalue weighted by molar-refractivity contribution is 6.09. The first-order valence-corrected chi connectivity index (χ1v) is 33.5. The van der Waals surface area contributed by atoms with Crippen molar-refractivity contribution in [2.45, 2.75) is 169 Å². The fraction of sp³-hybridized carbons (Fsp3) is 0.455. The van der Waals surface area contributed by atoms with Gasteiger partial charge in [-0.15, -0.1) is 0 Å². The molecule has 0 radical (unpaired) electrons. The summed E-state index contributed by atoms with van der Waals surface area (Å²) in [4.78, 5) is 9.22. The fourth-order valence-electron chi connectivity index (χ4n) is 21.8. The van der Waals surface area contributed by atoms with Crippen LogP contribution in [0.5, 0.6) is 0 Å². The van der Waals surface area contributed by atoms with E-state index in [4.69, 9.17) is 10.1 Å². The molecule has 0 spiro atoms. The van der Waals surface area contributed by atoms with Crippen molar-refractivity contribution in [3.8, 4) is 0 Å². The molecule has 9 fully saturated rings. The lowest BCUT2D eigenvalue weighted by molar-refractivity contribution is -0.146. The average Bonchev–Trinajstić information content (AvgIpc) is 2.38. The van der Waals surface area contributed by atoms with Crippen molar-refractivity contribution < 1.29 is 4.74 Å². The molecule has 0 amide bonds. The van der Waals surface area contributed by atoms with Gasteiger partial charge in [0, 0.05) is 97.4 Å². The van der Waals surface area contributed by atoms with Crippen LogP contribution in [0.15, 0.2) is 188 Å². The van der Waals surface area contributed by atoms with Crippen molar-refractivity contribution in [1.82, 2.24) is 14.5 Å². The van der Waals surface area contributed by atoms with Crippen molar-refractivity contribution in [3.05, 3.63) is 188 Å². The Bertz CT molecular complexity index is 3730. The Morgan fingerprint density at radius 2 is 0.690 bits per heavy atom. The molecule has 1 N–H and O–H groups in total. The highest BCUT2D eigenvalue weighted by Gasteiger charge is 2.62. The Kier molecular flexibility index (Phi) is 12.4. The van der Waals surface area contributed by atoms with Crippen molar-refractivity contribution in [2.24, 2.45) is 41.4 Å². The minimum absolute atomic E-state index is 0.220. The second kappa shape index (κ2) is 20.6. The predicted molar refractivity (Wildman–Crippen MR) is 345 cm³/mol. The molecule has 9 aliphatic rings. The number of hydrogen-bond donors (Lipinski definition) is 1. The van der Waals surface area contributed by atoms with Crippen LogP contribution >= 0.6 is 0 Å². The SMILES string of the molecule is c1ccc(N2C3CCCCC3OC3CC4C(CC32)C2CC3C(CC2C2CCC(n5c6ccccc6c6ccccc65)CC2C2CC(n5c6ccccc6c6ccccc65)CNC42)N(c2ccccc2)C2CCCCC2N3c2ccccc2)cc1. The number of piperidine rings is 1. The smallest absolute Gasteiger partial charge is 0.0786 e. The summed E-state index contributed by atoms with van der Waals surface area (Å²) in [6.45, 7) is 1.01. The molecule has 3 aliphatic heterocycles. The molecular formula is C77H84N6O. The van der Waals surface area contributed by atoms with Gasteiger partial charge >= 0.3 is 0 Å². The van der Waals surface area contributed by atoms with Crippen molar-refractivity contribution >= 4 is 60.7 Å². The third kappa shape index (κ3) is 7.95. The molecule has 7 aromatic carbocycles. The third-order valence-electron chi connectivity index (χ3n) is 24.6. The van der Waals surface area contributed by atoms with Gasteiger partial charge in [-0.1, -0.05) is 153 Å². The first-order valence-electron chi connectivity index (χ1n) is 33.5. The predicted octanol–water partition coefficient (Wildman–Crippen LogP) is 16.8. The molecule has 2 aromatic heterocycles. The number of ether oxygens (including phenoxy) is 1. The summed E-state index contributed by atoms with van der Waals surface area (Å²) >= 11 is 0. The van der Waals surface area contributed by atoms with E-state index in [0.717, 1.165) is 13.0 Å². The highest BCUT2D eigenvalue weighted by atomic mass is 16.5. The summed E-state index contributed by atoms with van der Waals surface area (Å²) in [6, 6.07) is 77.0. The molecule has 6 saturated carbocycles. The number of aromatic nitrogens is 2. The van der Waals surface area contributed by atoms with E-state index in [2.05, 4.69) is 212 Å². The van der Waals surface area contributed by atoms with Crippen LogP contribution < -0.4 is 20.0 Å². The summed E-state index contributed by atoms with van der Waals surface area (Å²) in [5.41, 5.74) is 10.0. The Morgan fingerprint density at radius 1 is 0.298 bits per heavy atom. The minimum Gasteiger partial charge on any atom is -0.371 e. The molecule has 18 atom stereocenters. The van der Waals surface area contributed by atoms with E-state index in [1.807, 2.05) is 0 Å². The molecule has 7 nitrogen and oxygen atoms in total. The second-order valence-corrected chi connectivity index (χ2v) is 28.1. The Morgan fingerprint density at radius 3 is 1.23 bits per heavy atom. The van der Waals surface area contributed by atoms with Crippen LogP contribution in [0.3, 0.4) is 0 Å². The maximum absolute atomic E-state index is 7.80. The minimum atomic E-state index is 0.220. The first-order chi connectivity index (χ1) is 41.7. The molecule has 5 heterocycles. The number of hydrogen-bond acceptors (Lipinski definition) is 5. The molecule has 7 heteroatoms. The quantitative estimate of drug-likeness (QED) is 0.174. The second-order valence-electron chi connectivity index (χ2n) is 28.1. The van der Waals surface area contributed by atoms with Gasteiger partial charge in [0.2, 0.25) is 0 Å². The monoisotopic (exact) mass is 1110 g/mol. The van der Waals surface area contributed by atoms with Crippen LogP contribution in [-0.4, -0.2) is 70.2 Å². The van der Waals surface area contributed by atoms with E-state index in [1.54, 1.807) is 0 Å². The number of rotatable bonds is 5. The Balaban J connectivity index is 0.831. The van der Waals surface area contributed by atoms with Gasteiger partial charge in [-0.3, -0.25) is 0 Å². The van der Waals surface area contributed by atoms with E-state index >= 15 is 0 Å². The molecule has 0 bridgehead atoms. The van der Waals surface area contributed by atoms with Gasteiger partial charge in [-0.2, -0.15) is 0 Å². The molecule has 18 rings (SSSR count). The van der Waals surface area contributed by atoms with Crippen LogP contribution in [0.1, 0.15) is 115 Å². The molecule has 84 heavy (non-hydrogen) atoms. The molecule has 428 valence electrons. The van der Waals surface area contributed by atoms with Gasteiger partial charge in [0.25, 0.3) is 0 Å². The average molecular weight is 1110 g/mol. The van der Waals surface area contributed by atoms with Gasteiger partial charge < -0.3 is 33.9 Å². The molecular weight excluding hydrogens is 1020 g/mol. The zero-order valence-corrected chi connectivity index (χ0v) is 49.0. The molecule has 9 aromatic rings. The van der Waals surface area contributed by atoms with Crippen molar-refractivity contribution in [3.63, 3.8) is 0 Å². The van der Waals surface area contributed by atoms with E-state index in [9.17, 15) is 0 Å². The van der Waals surface area contributed by atoms with E-state index in [-0.39, 0.29) is 6.10 Å². The van der Waals surface area contributed by atoms with E-state index in [1.165, 1.54) is 157 Å². The van der Waals surface area contributed by atoms with Crippen LogP contribution in [0.25, 0.3) is 43.6 Å². The number of para-hydroxylation sites is 7. The standard InChI is InChI=1S/C77H84N6O/c1-4-22-49(23-5-1)79-69-36-18-19-37-70(69)80(50-24-6-2-7-25-50)73-45-61-60(44-72(73)79)54-41-40-52(82-65-32-14-10-28-55(65)56-29-11-15-33-66(56)82)42-59(54)63-43-53(83-67-34-16-12-30-57(67)58-31-13-17-35-68(58)83)48-78-77(63)64-47-76-74(46-62(61)64)81(51-26-8-3-9-27-51)71-38-20-21-39-75(71)84-76/h1-17,22-35,52-54,59-64,69-78H,18-21,36-48H2. The van der Waals surface area contributed by atoms with Gasteiger partial charge in [0.15, 0.2) is 0 Å². The number of nitrogens with one attached hydrogen (secondary N) is 1. The van der Waals surface area contributed by atoms with Crippen LogP contribution in [0.2, 0.25) is 0 Å². The Labute approximate surface area is 497 Å². The van der Waals surface area contributed by atoms with Crippen LogP contribution in [0.4, 0.5) is 17.1 Å². The number of anilines is 3. The number of nitrogens with zero attached hydrogens (tertiary/aromatic N) is 5. The zero-order valence-electron chi connectivity index (χ0n) is 49.0. The summed E-state index contributed by atoms with van der Waals surface area (Å²) in [5.74, 6) is 4.05. The lowest BCUT2D eigenvalue weighted by Crippen LogP contribution is -2.73. The molecule has 18 unspecified atom stereocenters. The number of morpholine rings is 1. The first kappa shape index (κ1) is 50.8. The number of fused-ring (bicyclic) bond motifs is 18. The van der Waals surface area contributed by atoms with E-state index < -0.39 is 0 Å². The lowest BCUT2D eigenvalue weighted by atomic mass is 9.48. The Hall–Kier alpha value is -6.54. The molecule has 3 saturated heterocycles. The summed E-state index contributed by atoms with van der Waals surface area (Å²) in [6.07, 6.45) is 20.7. The molecule has 6 aliphatic carbocycles. The maximum atomic E-state index is 7.80. The largest absolute Gasteiger partial charge is 0.371 e. The number of benzene rings is 7. The fourth-order valence-corrected chi connectivity index (χ4v) is 21.8. The van der Waals surface area contributed by atoms with Gasteiger partial charge in [0.1, 0.15) is 0 Å². The van der Waals surface area contributed by atoms with Crippen LogP contribution in [0, 0.1) is 41.4 Å². The van der Waals surface area contributed by atoms with Crippen molar-refractivity contribution in [2.75, 3.05) is 21.2 Å². The highest BCUT2D eigenvalue weighted by Crippen LogP contribution is 2.63. The number of piperazine rings is 1. The zero-order chi connectivity index (χ0) is 55.0. The summed E-state index contributed by atoms with van der Waals surface area (Å²) in [5, 5.41) is 10.3. The summed E-state index contributed by atoms with van der Waals surface area (Å²) < 4.78 is 13.5. The summed E-state index contributed by atoms with van der Waals surface area (Å²) in [7, 11) is 0. The van der Waals surface area contributed by atoms with Gasteiger partial charge in [-0.25, -0.2) is 0 Å². The van der Waals surface area contributed by atoms with Crippen molar-refractivity contribution in [1.29, 1.82) is 0 Å². The topological polar surface area (TPSA) is 40.8 Å². The van der Waals surface area contributed by atoms with Crippen LogP contribution in [-0.2, 0) is 4.74 Å².